The summed E-state index contributed by atoms with van der Waals surface area (Å²) in [4.78, 5) is 13.0. The average Bonchev–Trinajstić information content (AvgIpc) is 2.32. The molecule has 1 rings (SSSR count). The van der Waals surface area contributed by atoms with Crippen molar-refractivity contribution in [3.05, 3.63) is 0 Å². The summed E-state index contributed by atoms with van der Waals surface area (Å²) in [6.45, 7) is 2.62. The predicted molar refractivity (Wildman–Crippen MR) is 64.9 cm³/mol. The van der Waals surface area contributed by atoms with Gasteiger partial charge in [-0.2, -0.15) is 13.2 Å². The molecule has 7 heteroatoms. The van der Waals surface area contributed by atoms with Gasteiger partial charge < -0.3 is 15.3 Å². The summed E-state index contributed by atoms with van der Waals surface area (Å²) >= 11 is 0. The molecule has 1 aliphatic heterocycles. The third-order valence-corrected chi connectivity index (χ3v) is 3.29. The number of nitrogens with zero attached hydrogens (tertiary/aromatic N) is 1. The molecule has 2 atom stereocenters. The smallest absolute Gasteiger partial charge is 0.401 e. The number of aliphatic carboxylic acids is 1. The van der Waals surface area contributed by atoms with E-state index < -0.39 is 30.7 Å². The molecule has 4 nitrogen and oxygen atoms in total. The minimum Gasteiger partial charge on any atom is -0.481 e. The summed E-state index contributed by atoms with van der Waals surface area (Å²) in [5.41, 5.74) is 0. The van der Waals surface area contributed by atoms with Crippen LogP contribution in [0.2, 0.25) is 0 Å². The first-order valence-corrected chi connectivity index (χ1v) is 6.57. The van der Waals surface area contributed by atoms with Crippen molar-refractivity contribution in [1.82, 2.24) is 10.2 Å². The first-order chi connectivity index (χ1) is 8.81. The lowest BCUT2D eigenvalue weighted by Gasteiger charge is -2.36. The third kappa shape index (κ3) is 6.24. The largest absolute Gasteiger partial charge is 0.481 e. The number of nitrogens with one attached hydrogen (secondary N) is 1. The van der Waals surface area contributed by atoms with Gasteiger partial charge in [0.25, 0.3) is 0 Å². The van der Waals surface area contributed by atoms with Crippen molar-refractivity contribution in [3.8, 4) is 0 Å². The number of halogens is 3. The quantitative estimate of drug-likeness (QED) is 0.779. The highest BCUT2D eigenvalue weighted by Crippen LogP contribution is 2.19. The van der Waals surface area contributed by atoms with E-state index in [0.29, 0.717) is 13.1 Å². The highest BCUT2D eigenvalue weighted by Gasteiger charge is 2.34. The number of carbonyl (C=O) groups is 1. The van der Waals surface area contributed by atoms with E-state index in [2.05, 4.69) is 5.32 Å². The molecular weight excluding hydrogens is 261 g/mol. The fourth-order valence-electron chi connectivity index (χ4n) is 2.34. The van der Waals surface area contributed by atoms with Gasteiger partial charge in [-0.3, -0.25) is 4.79 Å². The second kappa shape index (κ2) is 7.09. The Balaban J connectivity index is 2.52. The van der Waals surface area contributed by atoms with E-state index >= 15 is 0 Å². The van der Waals surface area contributed by atoms with Crippen molar-refractivity contribution in [2.45, 2.75) is 38.4 Å². The lowest BCUT2D eigenvalue weighted by Crippen LogP contribution is -2.52. The zero-order valence-electron chi connectivity index (χ0n) is 11.0. The number of likely N-dealkylation sites (tertiary alicyclic amines) is 1. The zero-order valence-corrected chi connectivity index (χ0v) is 11.0. The van der Waals surface area contributed by atoms with Crippen LogP contribution in [0.3, 0.4) is 0 Å². The maximum Gasteiger partial charge on any atom is 0.401 e. The van der Waals surface area contributed by atoms with Gasteiger partial charge in [0.15, 0.2) is 0 Å². The number of hydrogen-bond donors (Lipinski definition) is 2. The van der Waals surface area contributed by atoms with Crippen molar-refractivity contribution in [3.63, 3.8) is 0 Å². The zero-order chi connectivity index (χ0) is 14.5. The molecule has 0 amide bonds. The molecule has 19 heavy (non-hydrogen) atoms. The maximum atomic E-state index is 12.2. The van der Waals surface area contributed by atoms with Gasteiger partial charge in [-0.25, -0.2) is 0 Å². The van der Waals surface area contributed by atoms with Gasteiger partial charge >= 0.3 is 12.1 Å². The number of unbranched alkanes of at least 4 members (excludes halogenated alkanes) is 1. The highest BCUT2D eigenvalue weighted by molar-refractivity contribution is 5.70. The standard InChI is InChI=1S/C12H21F3N2O2/c1-2-3-4-17-6-9(11(18)19)5-10(7-17)16-8-12(13,14)15/h9-10,16H,2-8H2,1H3,(H,18,19). The molecule has 0 aromatic rings. The van der Waals surface area contributed by atoms with E-state index in [1.807, 2.05) is 11.8 Å². The molecule has 2 unspecified atom stereocenters. The van der Waals surface area contributed by atoms with Crippen LogP contribution >= 0.6 is 0 Å². The Hall–Kier alpha value is -0.820. The molecule has 0 aromatic carbocycles. The minimum absolute atomic E-state index is 0.258. The first-order valence-electron chi connectivity index (χ1n) is 6.57. The van der Waals surface area contributed by atoms with Gasteiger partial charge in [0.1, 0.15) is 0 Å². The maximum absolute atomic E-state index is 12.2. The second-order valence-electron chi connectivity index (χ2n) is 5.08. The Bertz CT molecular complexity index is 297. The Morgan fingerprint density at radius 2 is 2.11 bits per heavy atom. The SMILES string of the molecule is CCCCN1CC(NCC(F)(F)F)CC(C(=O)O)C1. The number of carboxylic acid groups (broad SMARTS) is 1. The molecule has 0 radical (unpaired) electrons. The van der Waals surface area contributed by atoms with Gasteiger partial charge in [-0.15, -0.1) is 0 Å². The van der Waals surface area contributed by atoms with E-state index in [9.17, 15) is 18.0 Å². The minimum atomic E-state index is -4.26. The predicted octanol–water partition coefficient (Wildman–Crippen LogP) is 1.71. The Labute approximate surface area is 111 Å². The molecule has 0 bridgehead atoms. The number of piperidine rings is 1. The Kier molecular flexibility index (Phi) is 6.06. The van der Waals surface area contributed by atoms with E-state index in [1.165, 1.54) is 0 Å². The lowest BCUT2D eigenvalue weighted by atomic mass is 9.94. The van der Waals surface area contributed by atoms with Crippen molar-refractivity contribution >= 4 is 5.97 Å². The van der Waals surface area contributed by atoms with Crippen molar-refractivity contribution in [2.75, 3.05) is 26.2 Å². The highest BCUT2D eigenvalue weighted by atomic mass is 19.4. The van der Waals surface area contributed by atoms with Crippen LogP contribution in [-0.4, -0.2) is 54.4 Å². The number of rotatable bonds is 6. The summed E-state index contributed by atoms with van der Waals surface area (Å²) in [7, 11) is 0. The fraction of sp³-hybridized carbons (Fsp3) is 0.917. The number of alkyl halides is 3. The summed E-state index contributed by atoms with van der Waals surface area (Å²) in [6.07, 6.45) is -2.09. The van der Waals surface area contributed by atoms with Crippen LogP contribution in [0.25, 0.3) is 0 Å². The summed E-state index contributed by atoms with van der Waals surface area (Å²) < 4.78 is 36.5. The van der Waals surface area contributed by atoms with Crippen molar-refractivity contribution < 1.29 is 23.1 Å². The van der Waals surface area contributed by atoms with E-state index in [4.69, 9.17) is 5.11 Å². The Morgan fingerprint density at radius 1 is 1.42 bits per heavy atom. The molecule has 0 aliphatic carbocycles. The van der Waals surface area contributed by atoms with Gasteiger partial charge in [-0.05, 0) is 19.4 Å². The van der Waals surface area contributed by atoms with Crippen LogP contribution in [0.15, 0.2) is 0 Å². The molecule has 1 heterocycles. The topological polar surface area (TPSA) is 52.6 Å². The normalized spacial score (nSPS) is 25.5. The van der Waals surface area contributed by atoms with E-state index in [-0.39, 0.29) is 6.42 Å². The van der Waals surface area contributed by atoms with Crippen LogP contribution in [0.1, 0.15) is 26.2 Å². The number of hydrogen-bond acceptors (Lipinski definition) is 3. The van der Waals surface area contributed by atoms with E-state index in [0.717, 1.165) is 19.4 Å². The molecule has 1 saturated heterocycles. The van der Waals surface area contributed by atoms with Crippen LogP contribution in [0.5, 0.6) is 0 Å². The second-order valence-corrected chi connectivity index (χ2v) is 5.08. The molecule has 1 aliphatic rings. The Morgan fingerprint density at radius 3 is 2.63 bits per heavy atom. The molecule has 1 fully saturated rings. The molecule has 112 valence electrons. The molecule has 2 N–H and O–H groups in total. The lowest BCUT2D eigenvalue weighted by molar-refractivity contribution is -0.144. The molecular formula is C12H21F3N2O2. The van der Waals surface area contributed by atoms with Crippen molar-refractivity contribution in [2.24, 2.45) is 5.92 Å². The van der Waals surface area contributed by atoms with Gasteiger partial charge in [-0.1, -0.05) is 13.3 Å². The van der Waals surface area contributed by atoms with Crippen LogP contribution in [0, 0.1) is 5.92 Å². The van der Waals surface area contributed by atoms with Crippen LogP contribution in [-0.2, 0) is 4.79 Å². The van der Waals surface area contributed by atoms with Crippen molar-refractivity contribution in [1.29, 1.82) is 0 Å². The van der Waals surface area contributed by atoms with Gasteiger partial charge in [0, 0.05) is 19.1 Å². The number of carboxylic acids is 1. The van der Waals surface area contributed by atoms with E-state index in [1.54, 1.807) is 0 Å². The fourth-order valence-corrected chi connectivity index (χ4v) is 2.34. The van der Waals surface area contributed by atoms with Crippen LogP contribution in [0.4, 0.5) is 13.2 Å². The molecule has 0 saturated carbocycles. The van der Waals surface area contributed by atoms with Crippen LogP contribution < -0.4 is 5.32 Å². The summed E-state index contributed by atoms with van der Waals surface area (Å²) in [6, 6.07) is -0.409. The molecule has 0 spiro atoms. The summed E-state index contributed by atoms with van der Waals surface area (Å²) in [5, 5.41) is 11.5. The third-order valence-electron chi connectivity index (χ3n) is 3.29. The summed E-state index contributed by atoms with van der Waals surface area (Å²) in [5.74, 6) is -1.52. The monoisotopic (exact) mass is 282 g/mol. The van der Waals surface area contributed by atoms with Gasteiger partial charge in [0.05, 0.1) is 12.5 Å². The first kappa shape index (κ1) is 16.2. The molecule has 0 aromatic heterocycles. The van der Waals surface area contributed by atoms with Gasteiger partial charge in [0.2, 0.25) is 0 Å². The average molecular weight is 282 g/mol.